The molecule has 0 spiro atoms. The van der Waals surface area contributed by atoms with Gasteiger partial charge in [-0.05, 0) is 47.9 Å². The van der Waals surface area contributed by atoms with Crippen molar-refractivity contribution in [2.75, 3.05) is 12.4 Å². The first kappa shape index (κ1) is 17.0. The van der Waals surface area contributed by atoms with Crippen LogP contribution in [0.1, 0.15) is 18.9 Å². The molecule has 0 saturated carbocycles. The minimum absolute atomic E-state index is 0.253. The summed E-state index contributed by atoms with van der Waals surface area (Å²) in [7, 11) is 1.53. The number of anilines is 1. The summed E-state index contributed by atoms with van der Waals surface area (Å²) in [4.78, 5) is 23.9. The lowest BCUT2D eigenvalue weighted by Crippen LogP contribution is -2.30. The summed E-state index contributed by atoms with van der Waals surface area (Å²) in [6.07, 6.45) is 0.00141. The standard InChI is InChI=1S/C17H19NO4S/c1-12(22-16(19)8-7-13-9-10-23-11-13)17(20)18-14-5-3-4-6-15(14)21-2/h3-6,9-12H,7-8H2,1-2H3,(H,18,20)/t12-/m0/s1. The highest BCUT2D eigenvalue weighted by molar-refractivity contribution is 7.07. The van der Waals surface area contributed by atoms with E-state index in [9.17, 15) is 9.59 Å². The Labute approximate surface area is 139 Å². The number of nitrogens with one attached hydrogen (secondary N) is 1. The Balaban J connectivity index is 1.83. The van der Waals surface area contributed by atoms with E-state index in [2.05, 4.69) is 5.32 Å². The molecule has 1 N–H and O–H groups in total. The Hall–Kier alpha value is -2.34. The molecule has 122 valence electrons. The minimum Gasteiger partial charge on any atom is -0.495 e. The number of benzene rings is 1. The van der Waals surface area contributed by atoms with Gasteiger partial charge in [-0.15, -0.1) is 0 Å². The highest BCUT2D eigenvalue weighted by Crippen LogP contribution is 2.23. The third-order valence-corrected chi connectivity index (χ3v) is 3.97. The predicted molar refractivity (Wildman–Crippen MR) is 89.8 cm³/mol. The van der Waals surface area contributed by atoms with Crippen LogP contribution in [0.3, 0.4) is 0 Å². The average molecular weight is 333 g/mol. The van der Waals surface area contributed by atoms with Crippen LogP contribution in [-0.2, 0) is 20.7 Å². The molecule has 1 amide bonds. The number of aryl methyl sites for hydroxylation is 1. The zero-order valence-electron chi connectivity index (χ0n) is 13.1. The van der Waals surface area contributed by atoms with E-state index < -0.39 is 12.0 Å². The highest BCUT2D eigenvalue weighted by Gasteiger charge is 2.19. The minimum atomic E-state index is -0.866. The fourth-order valence-electron chi connectivity index (χ4n) is 1.97. The summed E-state index contributed by atoms with van der Waals surface area (Å²) in [6, 6.07) is 9.03. The third kappa shape index (κ3) is 5.10. The van der Waals surface area contributed by atoms with Crippen LogP contribution in [0.4, 0.5) is 5.69 Å². The molecule has 1 aromatic heterocycles. The molecule has 2 aromatic rings. The molecule has 0 saturated heterocycles. The number of esters is 1. The van der Waals surface area contributed by atoms with E-state index in [1.165, 1.54) is 7.11 Å². The lowest BCUT2D eigenvalue weighted by atomic mass is 10.2. The summed E-state index contributed by atoms with van der Waals surface area (Å²) in [5.74, 6) is -0.228. The maximum absolute atomic E-state index is 12.1. The van der Waals surface area contributed by atoms with Crippen molar-refractivity contribution in [3.8, 4) is 5.75 Å². The molecule has 6 heteroatoms. The molecule has 1 aromatic carbocycles. The Morgan fingerprint density at radius 1 is 1.26 bits per heavy atom. The molecule has 0 aliphatic heterocycles. The van der Waals surface area contributed by atoms with Crippen LogP contribution >= 0.6 is 11.3 Å². The molecule has 1 heterocycles. The first-order chi connectivity index (χ1) is 11.1. The topological polar surface area (TPSA) is 64.6 Å². The van der Waals surface area contributed by atoms with E-state index in [1.807, 2.05) is 22.9 Å². The molecule has 0 aliphatic rings. The quantitative estimate of drug-likeness (QED) is 0.790. The van der Waals surface area contributed by atoms with Gasteiger partial charge in [0.15, 0.2) is 6.10 Å². The molecule has 1 atom stereocenters. The van der Waals surface area contributed by atoms with E-state index in [-0.39, 0.29) is 12.4 Å². The first-order valence-electron chi connectivity index (χ1n) is 7.24. The van der Waals surface area contributed by atoms with Crippen molar-refractivity contribution in [1.29, 1.82) is 0 Å². The number of carbonyl (C=O) groups excluding carboxylic acids is 2. The third-order valence-electron chi connectivity index (χ3n) is 3.24. The number of hydrogen-bond acceptors (Lipinski definition) is 5. The van der Waals surface area contributed by atoms with Gasteiger partial charge in [0.25, 0.3) is 5.91 Å². The first-order valence-corrected chi connectivity index (χ1v) is 8.19. The Morgan fingerprint density at radius 3 is 2.74 bits per heavy atom. The van der Waals surface area contributed by atoms with Gasteiger partial charge < -0.3 is 14.8 Å². The van der Waals surface area contributed by atoms with Crippen LogP contribution in [0.25, 0.3) is 0 Å². The second kappa shape index (κ2) is 8.33. The van der Waals surface area contributed by atoms with Crippen molar-refractivity contribution < 1.29 is 19.1 Å². The number of para-hydroxylation sites is 2. The second-order valence-corrected chi connectivity index (χ2v) is 5.73. The summed E-state index contributed by atoms with van der Waals surface area (Å²) in [5.41, 5.74) is 1.64. The van der Waals surface area contributed by atoms with Crippen LogP contribution in [0, 0.1) is 0 Å². The lowest BCUT2D eigenvalue weighted by molar-refractivity contribution is -0.153. The van der Waals surface area contributed by atoms with Gasteiger partial charge in [0, 0.05) is 6.42 Å². The Bertz CT molecular complexity index is 654. The number of thiophene rings is 1. The van der Waals surface area contributed by atoms with E-state index in [1.54, 1.807) is 36.5 Å². The van der Waals surface area contributed by atoms with Crippen LogP contribution < -0.4 is 10.1 Å². The molecular weight excluding hydrogens is 314 g/mol. The predicted octanol–water partition coefficient (Wildman–Crippen LogP) is 3.26. The Morgan fingerprint density at radius 2 is 2.04 bits per heavy atom. The van der Waals surface area contributed by atoms with Crippen LogP contribution in [0.15, 0.2) is 41.1 Å². The van der Waals surface area contributed by atoms with Gasteiger partial charge in [-0.25, -0.2) is 0 Å². The van der Waals surface area contributed by atoms with Crippen molar-refractivity contribution in [3.63, 3.8) is 0 Å². The van der Waals surface area contributed by atoms with Crippen molar-refractivity contribution in [2.45, 2.75) is 25.9 Å². The molecular formula is C17H19NO4S. The van der Waals surface area contributed by atoms with E-state index in [0.29, 0.717) is 17.9 Å². The van der Waals surface area contributed by atoms with Gasteiger partial charge in [0.1, 0.15) is 5.75 Å². The number of ether oxygens (including phenoxy) is 2. The molecule has 0 radical (unpaired) electrons. The zero-order chi connectivity index (χ0) is 16.7. The number of carbonyl (C=O) groups is 2. The van der Waals surface area contributed by atoms with Crippen molar-refractivity contribution in [3.05, 3.63) is 46.7 Å². The van der Waals surface area contributed by atoms with Gasteiger partial charge >= 0.3 is 5.97 Å². The fraction of sp³-hybridized carbons (Fsp3) is 0.294. The number of amides is 1. The highest BCUT2D eigenvalue weighted by atomic mass is 32.1. The second-order valence-electron chi connectivity index (χ2n) is 4.95. The number of rotatable bonds is 7. The fourth-order valence-corrected chi connectivity index (χ4v) is 2.68. The van der Waals surface area contributed by atoms with Gasteiger partial charge in [0.2, 0.25) is 0 Å². The summed E-state index contributed by atoms with van der Waals surface area (Å²) in [5, 5.41) is 6.65. The molecule has 5 nitrogen and oxygen atoms in total. The maximum atomic E-state index is 12.1. The summed E-state index contributed by atoms with van der Waals surface area (Å²) < 4.78 is 10.3. The molecule has 0 unspecified atom stereocenters. The van der Waals surface area contributed by atoms with Crippen LogP contribution in [-0.4, -0.2) is 25.1 Å². The normalized spacial score (nSPS) is 11.6. The smallest absolute Gasteiger partial charge is 0.306 e. The monoisotopic (exact) mass is 333 g/mol. The molecule has 0 bridgehead atoms. The van der Waals surface area contributed by atoms with Gasteiger partial charge in [-0.1, -0.05) is 12.1 Å². The SMILES string of the molecule is COc1ccccc1NC(=O)[C@H](C)OC(=O)CCc1ccsc1. The molecule has 0 fully saturated rings. The van der Waals surface area contributed by atoms with Crippen LogP contribution in [0.2, 0.25) is 0 Å². The number of methoxy groups -OCH3 is 1. The maximum Gasteiger partial charge on any atom is 0.306 e. The van der Waals surface area contributed by atoms with Crippen molar-refractivity contribution in [1.82, 2.24) is 0 Å². The summed E-state index contributed by atoms with van der Waals surface area (Å²) >= 11 is 1.59. The van der Waals surface area contributed by atoms with Crippen molar-refractivity contribution in [2.24, 2.45) is 0 Å². The van der Waals surface area contributed by atoms with Gasteiger partial charge in [0.05, 0.1) is 12.8 Å². The zero-order valence-corrected chi connectivity index (χ0v) is 13.9. The summed E-state index contributed by atoms with van der Waals surface area (Å²) in [6.45, 7) is 1.55. The van der Waals surface area contributed by atoms with E-state index in [0.717, 1.165) is 5.56 Å². The van der Waals surface area contributed by atoms with E-state index in [4.69, 9.17) is 9.47 Å². The van der Waals surface area contributed by atoms with E-state index >= 15 is 0 Å². The van der Waals surface area contributed by atoms with Gasteiger partial charge in [-0.2, -0.15) is 11.3 Å². The molecule has 23 heavy (non-hydrogen) atoms. The average Bonchev–Trinajstić information content (AvgIpc) is 3.06. The number of hydrogen-bond donors (Lipinski definition) is 1. The Kier molecular flexibility index (Phi) is 6.17. The molecule has 2 rings (SSSR count). The largest absolute Gasteiger partial charge is 0.495 e. The molecule has 0 aliphatic carbocycles. The van der Waals surface area contributed by atoms with Crippen molar-refractivity contribution >= 4 is 28.9 Å². The lowest BCUT2D eigenvalue weighted by Gasteiger charge is -2.15. The van der Waals surface area contributed by atoms with Crippen LogP contribution in [0.5, 0.6) is 5.75 Å². The van der Waals surface area contributed by atoms with Gasteiger partial charge in [-0.3, -0.25) is 9.59 Å².